The van der Waals surface area contributed by atoms with Gasteiger partial charge in [0.15, 0.2) is 0 Å². The quantitative estimate of drug-likeness (QED) is 0.875. The van der Waals surface area contributed by atoms with Crippen molar-refractivity contribution in [3.05, 3.63) is 35.0 Å². The first-order valence-electron chi connectivity index (χ1n) is 6.83. The van der Waals surface area contributed by atoms with Gasteiger partial charge in [0.25, 0.3) is 0 Å². The number of aromatic nitrogens is 2. The monoisotopic (exact) mass is 336 g/mol. The van der Waals surface area contributed by atoms with Crippen LogP contribution < -0.4 is 10.2 Å². The van der Waals surface area contributed by atoms with Crippen molar-refractivity contribution in [2.75, 3.05) is 16.8 Å². The van der Waals surface area contributed by atoms with Crippen LogP contribution in [0.25, 0.3) is 0 Å². The minimum atomic E-state index is 0.542. The van der Waals surface area contributed by atoms with Crippen molar-refractivity contribution in [1.82, 2.24) is 9.97 Å². The van der Waals surface area contributed by atoms with E-state index in [1.165, 1.54) is 12.8 Å². The number of furan rings is 1. The Morgan fingerprint density at radius 2 is 2.30 bits per heavy atom. The highest BCUT2D eigenvalue weighted by Crippen LogP contribution is 2.37. The van der Waals surface area contributed by atoms with Crippen molar-refractivity contribution >= 4 is 27.6 Å². The van der Waals surface area contributed by atoms with Crippen molar-refractivity contribution in [2.45, 2.75) is 32.4 Å². The predicted octanol–water partition coefficient (Wildman–Crippen LogP) is 3.43. The van der Waals surface area contributed by atoms with Gasteiger partial charge >= 0.3 is 0 Å². The molecule has 1 aliphatic rings. The zero-order valence-corrected chi connectivity index (χ0v) is 12.9. The molecule has 5 nitrogen and oxygen atoms in total. The fourth-order valence-electron chi connectivity index (χ4n) is 2.19. The maximum absolute atomic E-state index is 5.47. The fraction of sp³-hybridized carbons (Fsp3) is 0.429. The van der Waals surface area contributed by atoms with Crippen LogP contribution in [0.15, 0.2) is 33.6 Å². The minimum absolute atomic E-state index is 0.542. The molecule has 1 N–H and O–H groups in total. The third-order valence-electron chi connectivity index (χ3n) is 3.28. The Hall–Kier alpha value is -1.56. The molecule has 1 aliphatic carbocycles. The Labute approximate surface area is 126 Å². The molecule has 0 atom stereocenters. The Morgan fingerprint density at radius 3 is 2.95 bits per heavy atom. The van der Waals surface area contributed by atoms with Gasteiger partial charge in [-0.3, -0.25) is 0 Å². The van der Waals surface area contributed by atoms with Gasteiger partial charge in [0.05, 0.1) is 12.8 Å². The first kappa shape index (κ1) is 13.4. The van der Waals surface area contributed by atoms with Gasteiger partial charge in [0.2, 0.25) is 0 Å². The Morgan fingerprint density at radius 1 is 1.45 bits per heavy atom. The summed E-state index contributed by atoms with van der Waals surface area (Å²) in [4.78, 5) is 11.0. The zero-order valence-electron chi connectivity index (χ0n) is 11.3. The molecule has 0 unspecified atom stereocenters. The van der Waals surface area contributed by atoms with Crippen molar-refractivity contribution < 1.29 is 4.42 Å². The summed E-state index contributed by atoms with van der Waals surface area (Å²) in [6.07, 6.45) is 5.72. The van der Waals surface area contributed by atoms with Crippen molar-refractivity contribution in [2.24, 2.45) is 0 Å². The third kappa shape index (κ3) is 2.80. The second-order valence-electron chi connectivity index (χ2n) is 4.83. The number of rotatable bonds is 6. The van der Waals surface area contributed by atoms with Crippen molar-refractivity contribution in [3.8, 4) is 0 Å². The van der Waals surface area contributed by atoms with Crippen LogP contribution in [0.1, 0.15) is 25.5 Å². The average molecular weight is 337 g/mol. The van der Waals surface area contributed by atoms with E-state index in [0.717, 1.165) is 35.0 Å². The van der Waals surface area contributed by atoms with E-state index in [2.05, 4.69) is 43.0 Å². The number of hydrogen-bond acceptors (Lipinski definition) is 5. The standard InChI is InChI=1S/C14H17BrN4O/c1-2-16-13-12(15)14(18-9-17-13)19(10-5-6-10)8-11-4-3-7-20-11/h3-4,7,9-10H,2,5-6,8H2,1H3,(H,16,17,18). The molecule has 0 bridgehead atoms. The second-order valence-corrected chi connectivity index (χ2v) is 5.62. The van der Waals surface area contributed by atoms with E-state index in [0.29, 0.717) is 6.04 Å². The smallest absolute Gasteiger partial charge is 0.149 e. The molecule has 0 spiro atoms. The molecule has 1 saturated carbocycles. The number of halogens is 1. The summed E-state index contributed by atoms with van der Waals surface area (Å²) in [5.74, 6) is 2.71. The molecule has 3 rings (SSSR count). The van der Waals surface area contributed by atoms with Gasteiger partial charge in [-0.2, -0.15) is 0 Å². The summed E-state index contributed by atoms with van der Waals surface area (Å²) in [7, 11) is 0. The molecule has 2 aromatic heterocycles. The molecule has 106 valence electrons. The number of nitrogens with one attached hydrogen (secondary N) is 1. The molecule has 20 heavy (non-hydrogen) atoms. The van der Waals surface area contributed by atoms with Crippen LogP contribution >= 0.6 is 15.9 Å². The van der Waals surface area contributed by atoms with Crippen molar-refractivity contribution in [1.29, 1.82) is 0 Å². The lowest BCUT2D eigenvalue weighted by Crippen LogP contribution is -2.26. The predicted molar refractivity (Wildman–Crippen MR) is 81.8 cm³/mol. The van der Waals surface area contributed by atoms with Gasteiger partial charge in [-0.1, -0.05) is 0 Å². The lowest BCUT2D eigenvalue weighted by molar-refractivity contribution is 0.500. The van der Waals surface area contributed by atoms with E-state index >= 15 is 0 Å². The van der Waals surface area contributed by atoms with E-state index in [9.17, 15) is 0 Å². The largest absolute Gasteiger partial charge is 0.467 e. The van der Waals surface area contributed by atoms with E-state index < -0.39 is 0 Å². The van der Waals surface area contributed by atoms with Gasteiger partial charge in [0.1, 0.15) is 28.2 Å². The SMILES string of the molecule is CCNc1ncnc(N(Cc2ccco2)C2CC2)c1Br. The van der Waals surface area contributed by atoms with Crippen LogP contribution in [0.5, 0.6) is 0 Å². The molecular weight excluding hydrogens is 320 g/mol. The summed E-state index contributed by atoms with van der Waals surface area (Å²) < 4.78 is 6.38. The minimum Gasteiger partial charge on any atom is -0.467 e. The van der Waals surface area contributed by atoms with E-state index in [1.807, 2.05) is 12.1 Å². The highest BCUT2D eigenvalue weighted by Gasteiger charge is 2.32. The van der Waals surface area contributed by atoms with E-state index in [-0.39, 0.29) is 0 Å². The number of hydrogen-bond donors (Lipinski definition) is 1. The Balaban J connectivity index is 1.89. The van der Waals surface area contributed by atoms with Crippen LogP contribution in [0.2, 0.25) is 0 Å². The first-order chi connectivity index (χ1) is 9.79. The maximum atomic E-state index is 5.47. The molecular formula is C14H17BrN4O. The van der Waals surface area contributed by atoms with Gasteiger partial charge in [-0.15, -0.1) is 0 Å². The second kappa shape index (κ2) is 5.83. The Kier molecular flexibility index (Phi) is 3.91. The topological polar surface area (TPSA) is 54.2 Å². The average Bonchev–Trinajstić information content (AvgIpc) is 3.16. The lowest BCUT2D eigenvalue weighted by atomic mass is 10.3. The van der Waals surface area contributed by atoms with Crippen LogP contribution in [0.3, 0.4) is 0 Å². The van der Waals surface area contributed by atoms with E-state index in [1.54, 1.807) is 12.6 Å². The highest BCUT2D eigenvalue weighted by molar-refractivity contribution is 9.10. The molecule has 6 heteroatoms. The van der Waals surface area contributed by atoms with Crippen LogP contribution in [0.4, 0.5) is 11.6 Å². The summed E-state index contributed by atoms with van der Waals surface area (Å²) in [6, 6.07) is 4.45. The van der Waals surface area contributed by atoms with Crippen LogP contribution in [-0.4, -0.2) is 22.6 Å². The van der Waals surface area contributed by atoms with Gasteiger partial charge in [-0.25, -0.2) is 9.97 Å². The normalized spacial score (nSPS) is 14.3. The first-order valence-corrected chi connectivity index (χ1v) is 7.62. The Bertz CT molecular complexity index is 569. The maximum Gasteiger partial charge on any atom is 0.149 e. The zero-order chi connectivity index (χ0) is 13.9. The molecule has 2 aromatic rings. The lowest BCUT2D eigenvalue weighted by Gasteiger charge is -2.24. The van der Waals surface area contributed by atoms with Crippen molar-refractivity contribution in [3.63, 3.8) is 0 Å². The van der Waals surface area contributed by atoms with Gasteiger partial charge < -0.3 is 14.6 Å². The number of anilines is 2. The molecule has 1 fully saturated rings. The van der Waals surface area contributed by atoms with Gasteiger partial charge in [0, 0.05) is 12.6 Å². The number of nitrogens with zero attached hydrogens (tertiary/aromatic N) is 3. The summed E-state index contributed by atoms with van der Waals surface area (Å²) in [5.41, 5.74) is 0. The van der Waals surface area contributed by atoms with Crippen LogP contribution in [-0.2, 0) is 6.54 Å². The molecule has 2 heterocycles. The van der Waals surface area contributed by atoms with E-state index in [4.69, 9.17) is 4.42 Å². The highest BCUT2D eigenvalue weighted by atomic mass is 79.9. The molecule has 0 aromatic carbocycles. The fourth-order valence-corrected chi connectivity index (χ4v) is 2.76. The summed E-state index contributed by atoms with van der Waals surface area (Å²) in [5, 5.41) is 3.24. The third-order valence-corrected chi connectivity index (χ3v) is 4.01. The van der Waals surface area contributed by atoms with Gasteiger partial charge in [-0.05, 0) is 47.8 Å². The molecule has 0 amide bonds. The van der Waals surface area contributed by atoms with Crippen LogP contribution in [0, 0.1) is 0 Å². The molecule has 0 saturated heterocycles. The molecule has 0 aliphatic heterocycles. The summed E-state index contributed by atoms with van der Waals surface area (Å²) >= 11 is 3.62. The molecule has 0 radical (unpaired) electrons. The summed E-state index contributed by atoms with van der Waals surface area (Å²) in [6.45, 7) is 3.62.